The Bertz CT molecular complexity index is 582. The molecule has 0 aliphatic heterocycles. The van der Waals surface area contributed by atoms with Crippen molar-refractivity contribution in [1.82, 2.24) is 5.32 Å². The molecule has 0 unspecified atom stereocenters. The van der Waals surface area contributed by atoms with E-state index in [-0.39, 0.29) is 5.91 Å². The summed E-state index contributed by atoms with van der Waals surface area (Å²) in [6.45, 7) is 3.91. The van der Waals surface area contributed by atoms with Gasteiger partial charge in [-0.2, -0.15) is 0 Å². The Morgan fingerprint density at radius 3 is 2.41 bits per heavy atom. The molecule has 0 spiro atoms. The van der Waals surface area contributed by atoms with E-state index >= 15 is 0 Å². The van der Waals surface area contributed by atoms with Crippen LogP contribution in [0.3, 0.4) is 0 Å². The lowest BCUT2D eigenvalue weighted by atomic mass is 10.2. The van der Waals surface area contributed by atoms with Crippen molar-refractivity contribution in [2.75, 3.05) is 31.6 Å². The fourth-order valence-electron chi connectivity index (χ4n) is 2.12. The summed E-state index contributed by atoms with van der Waals surface area (Å²) >= 11 is 0. The van der Waals surface area contributed by atoms with Crippen LogP contribution in [-0.4, -0.2) is 32.7 Å². The molecule has 2 rings (SSSR count). The topological polar surface area (TPSA) is 41.6 Å². The van der Waals surface area contributed by atoms with E-state index in [2.05, 4.69) is 10.2 Å². The molecular weight excluding hydrogens is 276 g/mol. The largest absolute Gasteiger partial charge is 0.494 e. The number of nitrogens with zero attached hydrogens (tertiary/aromatic N) is 1. The number of ether oxygens (including phenoxy) is 1. The molecule has 0 aliphatic carbocycles. The average Bonchev–Trinajstić information content (AvgIpc) is 2.56. The molecular formula is C18H22N2O2. The van der Waals surface area contributed by atoms with Crippen molar-refractivity contribution in [2.24, 2.45) is 0 Å². The SMILES string of the molecule is CCOc1ccc(C(=O)NCCN(C)c2ccccc2)cc1. The first-order valence-corrected chi connectivity index (χ1v) is 7.48. The molecule has 0 aliphatic rings. The lowest BCUT2D eigenvalue weighted by Gasteiger charge is -2.19. The maximum absolute atomic E-state index is 12.1. The summed E-state index contributed by atoms with van der Waals surface area (Å²) in [5.74, 6) is 0.715. The fourth-order valence-corrected chi connectivity index (χ4v) is 2.12. The van der Waals surface area contributed by atoms with Gasteiger partial charge in [0.15, 0.2) is 0 Å². The van der Waals surface area contributed by atoms with Crippen LogP contribution < -0.4 is 15.0 Å². The number of para-hydroxylation sites is 1. The minimum atomic E-state index is -0.0653. The van der Waals surface area contributed by atoms with Gasteiger partial charge in [-0.05, 0) is 43.3 Å². The van der Waals surface area contributed by atoms with E-state index in [9.17, 15) is 4.79 Å². The number of carbonyl (C=O) groups is 1. The molecule has 0 heterocycles. The van der Waals surface area contributed by atoms with Gasteiger partial charge in [-0.25, -0.2) is 0 Å². The van der Waals surface area contributed by atoms with E-state index in [1.54, 1.807) is 12.1 Å². The maximum atomic E-state index is 12.1. The third kappa shape index (κ3) is 4.52. The van der Waals surface area contributed by atoms with Crippen molar-refractivity contribution in [3.05, 3.63) is 60.2 Å². The minimum absolute atomic E-state index is 0.0653. The number of hydrogen-bond donors (Lipinski definition) is 1. The first kappa shape index (κ1) is 15.9. The summed E-state index contributed by atoms with van der Waals surface area (Å²) in [5.41, 5.74) is 1.78. The lowest BCUT2D eigenvalue weighted by Crippen LogP contribution is -2.32. The minimum Gasteiger partial charge on any atom is -0.494 e. The maximum Gasteiger partial charge on any atom is 0.251 e. The highest BCUT2D eigenvalue weighted by Crippen LogP contribution is 2.12. The van der Waals surface area contributed by atoms with Gasteiger partial charge in [0, 0.05) is 31.4 Å². The Labute approximate surface area is 131 Å². The Kier molecular flexibility index (Phi) is 5.83. The van der Waals surface area contributed by atoms with E-state index < -0.39 is 0 Å². The molecule has 4 heteroatoms. The highest BCUT2D eigenvalue weighted by Gasteiger charge is 2.06. The molecule has 0 radical (unpaired) electrons. The van der Waals surface area contributed by atoms with Gasteiger partial charge >= 0.3 is 0 Å². The van der Waals surface area contributed by atoms with Crippen molar-refractivity contribution in [2.45, 2.75) is 6.92 Å². The van der Waals surface area contributed by atoms with Gasteiger partial charge in [0.2, 0.25) is 0 Å². The zero-order valence-electron chi connectivity index (χ0n) is 13.1. The standard InChI is InChI=1S/C18H22N2O2/c1-3-22-17-11-9-15(10-12-17)18(21)19-13-14-20(2)16-7-5-4-6-8-16/h4-12H,3,13-14H2,1-2H3,(H,19,21). The zero-order valence-corrected chi connectivity index (χ0v) is 13.1. The number of benzene rings is 2. The summed E-state index contributed by atoms with van der Waals surface area (Å²) in [5, 5.41) is 2.93. The number of anilines is 1. The highest BCUT2D eigenvalue weighted by atomic mass is 16.5. The van der Waals surface area contributed by atoms with Crippen LogP contribution in [0.25, 0.3) is 0 Å². The zero-order chi connectivity index (χ0) is 15.8. The van der Waals surface area contributed by atoms with E-state index in [4.69, 9.17) is 4.74 Å². The van der Waals surface area contributed by atoms with Crippen molar-refractivity contribution in [3.8, 4) is 5.75 Å². The number of hydrogen-bond acceptors (Lipinski definition) is 3. The number of carbonyl (C=O) groups excluding carboxylic acids is 1. The molecule has 0 saturated heterocycles. The van der Waals surface area contributed by atoms with Crippen molar-refractivity contribution >= 4 is 11.6 Å². The predicted octanol–water partition coefficient (Wildman–Crippen LogP) is 2.95. The Morgan fingerprint density at radius 1 is 1.09 bits per heavy atom. The molecule has 1 N–H and O–H groups in total. The van der Waals surface area contributed by atoms with Crippen molar-refractivity contribution < 1.29 is 9.53 Å². The molecule has 0 atom stereocenters. The van der Waals surface area contributed by atoms with Crippen molar-refractivity contribution in [1.29, 1.82) is 0 Å². The Balaban J connectivity index is 1.80. The van der Waals surface area contributed by atoms with Crippen LogP contribution in [0.4, 0.5) is 5.69 Å². The number of rotatable bonds is 7. The van der Waals surface area contributed by atoms with Crippen LogP contribution in [0.15, 0.2) is 54.6 Å². The third-order valence-electron chi connectivity index (χ3n) is 3.36. The van der Waals surface area contributed by atoms with Gasteiger partial charge < -0.3 is 15.0 Å². The molecule has 0 saturated carbocycles. The smallest absolute Gasteiger partial charge is 0.251 e. The van der Waals surface area contributed by atoms with Crippen LogP contribution in [0, 0.1) is 0 Å². The second kappa shape index (κ2) is 8.08. The van der Waals surface area contributed by atoms with Gasteiger partial charge in [-0.15, -0.1) is 0 Å². The van der Waals surface area contributed by atoms with Crippen LogP contribution in [0.5, 0.6) is 5.75 Å². The van der Waals surface area contributed by atoms with Crippen LogP contribution in [-0.2, 0) is 0 Å². The van der Waals surface area contributed by atoms with Gasteiger partial charge in [0.1, 0.15) is 5.75 Å². The van der Waals surface area contributed by atoms with Crippen LogP contribution >= 0.6 is 0 Å². The van der Waals surface area contributed by atoms with Gasteiger partial charge in [-0.3, -0.25) is 4.79 Å². The molecule has 2 aromatic rings. The average molecular weight is 298 g/mol. The molecule has 0 bridgehead atoms. The first-order chi connectivity index (χ1) is 10.7. The summed E-state index contributed by atoms with van der Waals surface area (Å²) < 4.78 is 5.36. The fraction of sp³-hybridized carbons (Fsp3) is 0.278. The summed E-state index contributed by atoms with van der Waals surface area (Å²) in [7, 11) is 2.01. The van der Waals surface area contributed by atoms with Crippen LogP contribution in [0.1, 0.15) is 17.3 Å². The Morgan fingerprint density at radius 2 is 1.77 bits per heavy atom. The monoisotopic (exact) mass is 298 g/mol. The van der Waals surface area contributed by atoms with E-state index in [0.29, 0.717) is 18.7 Å². The third-order valence-corrected chi connectivity index (χ3v) is 3.36. The summed E-state index contributed by atoms with van der Waals surface area (Å²) in [4.78, 5) is 14.2. The Hall–Kier alpha value is -2.49. The molecule has 0 aromatic heterocycles. The highest BCUT2D eigenvalue weighted by molar-refractivity contribution is 5.94. The number of likely N-dealkylation sites (N-methyl/N-ethyl adjacent to an activating group) is 1. The molecule has 22 heavy (non-hydrogen) atoms. The molecule has 0 fully saturated rings. The second-order valence-corrected chi connectivity index (χ2v) is 4.97. The predicted molar refractivity (Wildman–Crippen MR) is 89.7 cm³/mol. The lowest BCUT2D eigenvalue weighted by molar-refractivity contribution is 0.0954. The molecule has 116 valence electrons. The number of nitrogens with one attached hydrogen (secondary N) is 1. The summed E-state index contributed by atoms with van der Waals surface area (Å²) in [6.07, 6.45) is 0. The van der Waals surface area contributed by atoms with Crippen LogP contribution in [0.2, 0.25) is 0 Å². The van der Waals surface area contributed by atoms with E-state index in [0.717, 1.165) is 18.0 Å². The van der Waals surface area contributed by atoms with E-state index in [1.807, 2.05) is 56.4 Å². The summed E-state index contributed by atoms with van der Waals surface area (Å²) in [6, 6.07) is 17.3. The van der Waals surface area contributed by atoms with Gasteiger partial charge in [0.25, 0.3) is 5.91 Å². The quantitative estimate of drug-likeness (QED) is 0.854. The van der Waals surface area contributed by atoms with Gasteiger partial charge in [-0.1, -0.05) is 18.2 Å². The molecule has 2 aromatic carbocycles. The van der Waals surface area contributed by atoms with Crippen molar-refractivity contribution in [3.63, 3.8) is 0 Å². The molecule has 4 nitrogen and oxygen atoms in total. The van der Waals surface area contributed by atoms with Gasteiger partial charge in [0.05, 0.1) is 6.61 Å². The first-order valence-electron chi connectivity index (χ1n) is 7.48. The van der Waals surface area contributed by atoms with E-state index in [1.165, 1.54) is 0 Å². The normalized spacial score (nSPS) is 10.1. The second-order valence-electron chi connectivity index (χ2n) is 4.97. The number of amides is 1. The molecule has 1 amide bonds.